The van der Waals surface area contributed by atoms with Crippen molar-refractivity contribution in [1.29, 1.82) is 0 Å². The summed E-state index contributed by atoms with van der Waals surface area (Å²) in [6.07, 6.45) is 0. The smallest absolute Gasteiger partial charge is 0.151 e. The first kappa shape index (κ1) is 10.3. The number of nitrogen functional groups attached to an aromatic ring is 1. The van der Waals surface area contributed by atoms with Crippen molar-refractivity contribution >= 4 is 17.3 Å². The fraction of sp³-hybridized carbons (Fsp3) is 0.400. The quantitative estimate of drug-likeness (QED) is 0.692. The Balaban J connectivity index is 3.41. The number of benzene rings is 1. The van der Waals surface area contributed by atoms with Gasteiger partial charge < -0.3 is 5.73 Å². The van der Waals surface area contributed by atoms with E-state index in [9.17, 15) is 4.39 Å². The van der Waals surface area contributed by atoms with Crippen LogP contribution in [0.1, 0.15) is 30.9 Å². The lowest BCUT2D eigenvalue weighted by atomic mass is 9.99. The van der Waals surface area contributed by atoms with Crippen LogP contribution in [0.25, 0.3) is 0 Å². The van der Waals surface area contributed by atoms with Crippen LogP contribution >= 0.6 is 11.6 Å². The van der Waals surface area contributed by atoms with Gasteiger partial charge in [-0.3, -0.25) is 0 Å². The third kappa shape index (κ3) is 1.78. The molecule has 0 spiro atoms. The third-order valence-corrected chi connectivity index (χ3v) is 2.57. The van der Waals surface area contributed by atoms with Crippen molar-refractivity contribution < 1.29 is 4.39 Å². The summed E-state index contributed by atoms with van der Waals surface area (Å²) in [5, 5.41) is 0.321. The van der Waals surface area contributed by atoms with Gasteiger partial charge in [0.25, 0.3) is 0 Å². The summed E-state index contributed by atoms with van der Waals surface area (Å²) in [6, 6.07) is 1.75. The molecule has 3 heteroatoms. The van der Waals surface area contributed by atoms with Gasteiger partial charge in [0.1, 0.15) is 0 Å². The number of rotatable bonds is 1. The predicted octanol–water partition coefficient (Wildman–Crippen LogP) is 3.49. The van der Waals surface area contributed by atoms with Crippen LogP contribution in [0.5, 0.6) is 0 Å². The summed E-state index contributed by atoms with van der Waals surface area (Å²) in [5.74, 6) is -0.260. The van der Waals surface area contributed by atoms with Crippen LogP contribution in [0, 0.1) is 12.7 Å². The van der Waals surface area contributed by atoms with Gasteiger partial charge in [-0.25, -0.2) is 4.39 Å². The van der Waals surface area contributed by atoms with Crippen molar-refractivity contribution in [1.82, 2.24) is 0 Å². The first-order valence-corrected chi connectivity index (χ1v) is 4.57. The van der Waals surface area contributed by atoms with E-state index in [4.69, 9.17) is 17.3 Å². The SMILES string of the molecule is Cc1cc(C(C)C)c(F)c(N)c1Cl. The zero-order valence-electron chi connectivity index (χ0n) is 7.99. The molecule has 0 atom stereocenters. The molecule has 0 saturated heterocycles. The summed E-state index contributed by atoms with van der Waals surface area (Å²) in [5.41, 5.74) is 7.02. The second-order valence-corrected chi connectivity index (χ2v) is 3.86. The van der Waals surface area contributed by atoms with E-state index in [-0.39, 0.29) is 17.4 Å². The number of hydrogen-bond donors (Lipinski definition) is 1. The molecule has 0 bridgehead atoms. The molecule has 0 amide bonds. The molecule has 0 aliphatic carbocycles. The fourth-order valence-corrected chi connectivity index (χ4v) is 1.38. The highest BCUT2D eigenvalue weighted by atomic mass is 35.5. The Morgan fingerprint density at radius 3 is 2.46 bits per heavy atom. The average molecular weight is 202 g/mol. The summed E-state index contributed by atoms with van der Waals surface area (Å²) in [6.45, 7) is 5.67. The summed E-state index contributed by atoms with van der Waals surface area (Å²) >= 11 is 5.79. The van der Waals surface area contributed by atoms with E-state index in [2.05, 4.69) is 0 Å². The summed E-state index contributed by atoms with van der Waals surface area (Å²) in [7, 11) is 0. The lowest BCUT2D eigenvalue weighted by Gasteiger charge is -2.12. The van der Waals surface area contributed by atoms with Gasteiger partial charge in [-0.2, -0.15) is 0 Å². The van der Waals surface area contributed by atoms with Crippen LogP contribution in [0.2, 0.25) is 5.02 Å². The highest BCUT2D eigenvalue weighted by Crippen LogP contribution is 2.31. The molecule has 0 aromatic heterocycles. The van der Waals surface area contributed by atoms with Crippen molar-refractivity contribution in [2.45, 2.75) is 26.7 Å². The first-order chi connectivity index (χ1) is 5.95. The highest BCUT2D eigenvalue weighted by Gasteiger charge is 2.14. The molecule has 13 heavy (non-hydrogen) atoms. The average Bonchev–Trinajstić information content (AvgIpc) is 2.07. The molecule has 0 heterocycles. The van der Waals surface area contributed by atoms with E-state index < -0.39 is 0 Å². The molecule has 72 valence electrons. The van der Waals surface area contributed by atoms with Crippen LogP contribution in [0.15, 0.2) is 6.07 Å². The van der Waals surface area contributed by atoms with E-state index in [1.54, 1.807) is 6.07 Å². The number of anilines is 1. The molecule has 2 N–H and O–H groups in total. The predicted molar refractivity (Wildman–Crippen MR) is 54.6 cm³/mol. The molecule has 0 unspecified atom stereocenters. The fourth-order valence-electron chi connectivity index (χ4n) is 1.24. The van der Waals surface area contributed by atoms with Gasteiger partial charge in [0.2, 0.25) is 0 Å². The van der Waals surface area contributed by atoms with Gasteiger partial charge in [0.05, 0.1) is 10.7 Å². The van der Waals surface area contributed by atoms with Crippen molar-refractivity contribution in [2.24, 2.45) is 0 Å². The van der Waals surface area contributed by atoms with E-state index in [1.165, 1.54) is 0 Å². The Morgan fingerprint density at radius 1 is 1.46 bits per heavy atom. The van der Waals surface area contributed by atoms with Crippen LogP contribution in [-0.2, 0) is 0 Å². The molecule has 0 aliphatic rings. The topological polar surface area (TPSA) is 26.0 Å². The molecule has 1 nitrogen and oxygen atoms in total. The number of halogens is 2. The molecule has 1 rings (SSSR count). The number of aryl methyl sites for hydroxylation is 1. The van der Waals surface area contributed by atoms with Crippen molar-refractivity contribution in [3.63, 3.8) is 0 Å². The van der Waals surface area contributed by atoms with Crippen molar-refractivity contribution in [2.75, 3.05) is 5.73 Å². The van der Waals surface area contributed by atoms with Crippen LogP contribution in [0.3, 0.4) is 0 Å². The minimum absolute atomic E-state index is 0.0605. The second-order valence-electron chi connectivity index (χ2n) is 3.48. The molecule has 1 aromatic rings. The normalized spacial score (nSPS) is 10.9. The standard InChI is InChI=1S/C10H13ClFN/c1-5(2)7-4-6(3)8(11)10(13)9(7)12/h4-5H,13H2,1-3H3. The Kier molecular flexibility index (Phi) is 2.81. The molecular formula is C10H13ClFN. The molecular weight excluding hydrogens is 189 g/mol. The molecule has 0 saturated carbocycles. The number of hydrogen-bond acceptors (Lipinski definition) is 1. The Morgan fingerprint density at radius 2 is 2.00 bits per heavy atom. The van der Waals surface area contributed by atoms with Crippen LogP contribution in [0.4, 0.5) is 10.1 Å². The van der Waals surface area contributed by atoms with Crippen LogP contribution < -0.4 is 5.73 Å². The maximum atomic E-state index is 13.5. The largest absolute Gasteiger partial charge is 0.395 e. The van der Waals surface area contributed by atoms with Crippen molar-refractivity contribution in [3.8, 4) is 0 Å². The molecule has 0 aliphatic heterocycles. The van der Waals surface area contributed by atoms with Gasteiger partial charge in [-0.15, -0.1) is 0 Å². The maximum Gasteiger partial charge on any atom is 0.151 e. The first-order valence-electron chi connectivity index (χ1n) is 4.19. The Labute approximate surface area is 82.7 Å². The van der Waals surface area contributed by atoms with Gasteiger partial charge in [-0.1, -0.05) is 31.5 Å². The summed E-state index contributed by atoms with van der Waals surface area (Å²) in [4.78, 5) is 0. The third-order valence-electron chi connectivity index (χ3n) is 2.07. The van der Waals surface area contributed by atoms with E-state index in [0.717, 1.165) is 5.56 Å². The molecule has 0 fully saturated rings. The Hall–Kier alpha value is -0.760. The summed E-state index contributed by atoms with van der Waals surface area (Å²) < 4.78 is 13.5. The van der Waals surface area contributed by atoms with Gasteiger partial charge in [-0.05, 0) is 24.0 Å². The van der Waals surface area contributed by atoms with Gasteiger partial charge in [0.15, 0.2) is 5.82 Å². The second kappa shape index (κ2) is 3.54. The van der Waals surface area contributed by atoms with Crippen LogP contribution in [-0.4, -0.2) is 0 Å². The Bertz CT molecular complexity index is 334. The zero-order valence-corrected chi connectivity index (χ0v) is 8.74. The van der Waals surface area contributed by atoms with E-state index in [0.29, 0.717) is 10.6 Å². The monoisotopic (exact) mass is 201 g/mol. The number of nitrogens with two attached hydrogens (primary N) is 1. The van der Waals surface area contributed by atoms with E-state index >= 15 is 0 Å². The minimum atomic E-state index is -0.384. The maximum absolute atomic E-state index is 13.5. The van der Waals surface area contributed by atoms with Crippen molar-refractivity contribution in [3.05, 3.63) is 28.0 Å². The van der Waals surface area contributed by atoms with E-state index in [1.807, 2.05) is 20.8 Å². The highest BCUT2D eigenvalue weighted by molar-refractivity contribution is 6.33. The zero-order chi connectivity index (χ0) is 10.2. The molecule has 0 radical (unpaired) electrons. The minimum Gasteiger partial charge on any atom is -0.395 e. The lowest BCUT2D eigenvalue weighted by Crippen LogP contribution is -2.01. The lowest BCUT2D eigenvalue weighted by molar-refractivity contribution is 0.602. The van der Waals surface area contributed by atoms with Gasteiger partial charge in [0, 0.05) is 0 Å². The molecule has 1 aromatic carbocycles. The van der Waals surface area contributed by atoms with Gasteiger partial charge >= 0.3 is 0 Å².